The molecular formula is C10H13Cl2NO. The van der Waals surface area contributed by atoms with E-state index >= 15 is 0 Å². The van der Waals surface area contributed by atoms with Gasteiger partial charge in [0.15, 0.2) is 0 Å². The van der Waals surface area contributed by atoms with Crippen LogP contribution in [0.4, 0.5) is 0 Å². The molecule has 2 rings (SSSR count). The minimum absolute atomic E-state index is 0. The second-order valence-electron chi connectivity index (χ2n) is 3.46. The molecule has 1 aromatic rings. The van der Waals surface area contributed by atoms with E-state index in [0.29, 0.717) is 10.8 Å². The molecule has 2 nitrogen and oxygen atoms in total. The number of hydrogen-bond donors (Lipinski definition) is 2. The first kappa shape index (κ1) is 11.6. The van der Waals surface area contributed by atoms with Gasteiger partial charge in [-0.1, -0.05) is 11.6 Å². The number of aromatic hydroxyl groups is 1. The summed E-state index contributed by atoms with van der Waals surface area (Å²) in [5, 5.41) is 13.7. The quantitative estimate of drug-likeness (QED) is 0.783. The molecule has 1 aliphatic heterocycles. The Kier molecular flexibility index (Phi) is 3.65. The molecule has 1 heterocycles. The Hall–Kier alpha value is -0.440. The van der Waals surface area contributed by atoms with Gasteiger partial charge in [0.1, 0.15) is 5.75 Å². The Morgan fingerprint density at radius 1 is 1.50 bits per heavy atom. The summed E-state index contributed by atoms with van der Waals surface area (Å²) >= 11 is 5.91. The zero-order valence-electron chi connectivity index (χ0n) is 7.88. The Morgan fingerprint density at radius 2 is 2.14 bits per heavy atom. The van der Waals surface area contributed by atoms with Crippen molar-refractivity contribution in [1.82, 2.24) is 5.32 Å². The summed E-state index contributed by atoms with van der Waals surface area (Å²) in [5.74, 6) is 0.376. The van der Waals surface area contributed by atoms with Crippen LogP contribution in [0.2, 0.25) is 5.02 Å². The van der Waals surface area contributed by atoms with Crippen LogP contribution in [0.15, 0.2) is 12.1 Å². The van der Waals surface area contributed by atoms with Gasteiger partial charge in [0, 0.05) is 16.6 Å². The average Bonchev–Trinajstić information content (AvgIpc) is 1.95. The van der Waals surface area contributed by atoms with Gasteiger partial charge >= 0.3 is 0 Å². The van der Waals surface area contributed by atoms with Gasteiger partial charge < -0.3 is 10.4 Å². The summed E-state index contributed by atoms with van der Waals surface area (Å²) in [6, 6.07) is 3.90. The lowest BCUT2D eigenvalue weighted by molar-refractivity contribution is 0.363. The molecule has 0 aromatic heterocycles. The van der Waals surface area contributed by atoms with Gasteiger partial charge in [0.05, 0.1) is 0 Å². The fourth-order valence-corrected chi connectivity index (χ4v) is 1.86. The van der Waals surface area contributed by atoms with E-state index in [2.05, 4.69) is 5.32 Å². The zero-order chi connectivity index (χ0) is 9.42. The number of halogens is 2. The maximum Gasteiger partial charge on any atom is 0.123 e. The Bertz CT molecular complexity index is 337. The highest BCUT2D eigenvalue weighted by molar-refractivity contribution is 6.30. The maximum absolute atomic E-state index is 9.76. The molecule has 0 saturated carbocycles. The van der Waals surface area contributed by atoms with E-state index in [1.807, 2.05) is 13.0 Å². The second kappa shape index (κ2) is 4.39. The number of hydrogen-bond acceptors (Lipinski definition) is 2. The van der Waals surface area contributed by atoms with Crippen LogP contribution < -0.4 is 5.32 Å². The first-order valence-corrected chi connectivity index (χ1v) is 4.78. The third-order valence-electron chi connectivity index (χ3n) is 2.49. The molecular weight excluding hydrogens is 221 g/mol. The number of phenolic OH excluding ortho intramolecular Hbond substituents is 1. The van der Waals surface area contributed by atoms with E-state index in [9.17, 15) is 5.11 Å². The second-order valence-corrected chi connectivity index (χ2v) is 3.89. The Labute approximate surface area is 94.7 Å². The highest BCUT2D eigenvalue weighted by atomic mass is 35.5. The fourth-order valence-electron chi connectivity index (χ4n) is 1.58. The van der Waals surface area contributed by atoms with E-state index in [1.165, 1.54) is 0 Å². The summed E-state index contributed by atoms with van der Waals surface area (Å²) < 4.78 is 0. The Balaban J connectivity index is 0.000000980. The minimum atomic E-state index is 0. The van der Waals surface area contributed by atoms with Crippen LogP contribution in [0.1, 0.15) is 23.6 Å². The Morgan fingerprint density at radius 3 is 2.64 bits per heavy atom. The summed E-state index contributed by atoms with van der Waals surface area (Å²) in [6.45, 7) is 2.89. The third-order valence-corrected chi connectivity index (χ3v) is 2.71. The van der Waals surface area contributed by atoms with Gasteiger partial charge in [-0.05, 0) is 37.6 Å². The van der Waals surface area contributed by atoms with Gasteiger partial charge in [-0.3, -0.25) is 0 Å². The molecule has 14 heavy (non-hydrogen) atoms. The molecule has 1 aliphatic rings. The number of nitrogens with one attached hydrogen (secondary N) is 1. The summed E-state index contributed by atoms with van der Waals surface area (Å²) in [4.78, 5) is 0. The van der Waals surface area contributed by atoms with E-state index in [0.717, 1.165) is 24.1 Å². The lowest BCUT2D eigenvalue weighted by Crippen LogP contribution is -2.35. The van der Waals surface area contributed by atoms with E-state index in [-0.39, 0.29) is 18.4 Å². The summed E-state index contributed by atoms with van der Waals surface area (Å²) in [5.41, 5.74) is 1.77. The van der Waals surface area contributed by atoms with Gasteiger partial charge in [-0.2, -0.15) is 0 Å². The average molecular weight is 234 g/mol. The fraction of sp³-hybridized carbons (Fsp3) is 0.400. The maximum atomic E-state index is 9.76. The normalized spacial score (nSPS) is 19.7. The van der Waals surface area contributed by atoms with Crippen LogP contribution in [0.3, 0.4) is 0 Å². The van der Waals surface area contributed by atoms with Gasteiger partial charge in [-0.15, -0.1) is 12.4 Å². The lowest BCUT2D eigenvalue weighted by Gasteiger charge is -2.29. The molecule has 0 spiro atoms. The molecule has 0 amide bonds. The predicted molar refractivity (Wildman–Crippen MR) is 60.5 cm³/mol. The summed E-state index contributed by atoms with van der Waals surface area (Å²) in [6.07, 6.45) is 1.08. The first-order valence-electron chi connectivity index (χ1n) is 4.41. The number of rotatable bonds is 1. The molecule has 1 saturated heterocycles. The SMILES string of the molecule is Cc1cc(Cl)cc([C@@H]2CCN2)c1O.Cl. The van der Waals surface area contributed by atoms with Gasteiger partial charge in [0.2, 0.25) is 0 Å². The summed E-state index contributed by atoms with van der Waals surface area (Å²) in [7, 11) is 0. The monoisotopic (exact) mass is 233 g/mol. The van der Waals surface area contributed by atoms with Crippen molar-refractivity contribution < 1.29 is 5.11 Å². The topological polar surface area (TPSA) is 32.3 Å². The molecule has 0 radical (unpaired) electrons. The molecule has 78 valence electrons. The van der Waals surface area contributed by atoms with Crippen LogP contribution >= 0.6 is 24.0 Å². The smallest absolute Gasteiger partial charge is 0.123 e. The molecule has 2 N–H and O–H groups in total. The third kappa shape index (κ3) is 1.97. The highest BCUT2D eigenvalue weighted by Gasteiger charge is 2.22. The van der Waals surface area contributed by atoms with E-state index < -0.39 is 0 Å². The van der Waals surface area contributed by atoms with Crippen molar-refractivity contribution in [3.8, 4) is 5.75 Å². The van der Waals surface area contributed by atoms with Crippen molar-refractivity contribution in [3.63, 3.8) is 0 Å². The van der Waals surface area contributed by atoms with Crippen LogP contribution in [-0.2, 0) is 0 Å². The van der Waals surface area contributed by atoms with Gasteiger partial charge in [0.25, 0.3) is 0 Å². The largest absolute Gasteiger partial charge is 0.507 e. The molecule has 0 bridgehead atoms. The molecule has 1 atom stereocenters. The zero-order valence-corrected chi connectivity index (χ0v) is 9.45. The van der Waals surface area contributed by atoms with Crippen molar-refractivity contribution in [1.29, 1.82) is 0 Å². The molecule has 1 aromatic carbocycles. The van der Waals surface area contributed by atoms with Crippen molar-refractivity contribution in [2.75, 3.05) is 6.54 Å². The van der Waals surface area contributed by atoms with Crippen LogP contribution in [-0.4, -0.2) is 11.7 Å². The van der Waals surface area contributed by atoms with E-state index in [1.54, 1.807) is 6.07 Å². The number of phenols is 1. The number of aryl methyl sites for hydroxylation is 1. The molecule has 4 heteroatoms. The molecule has 0 aliphatic carbocycles. The minimum Gasteiger partial charge on any atom is -0.507 e. The lowest BCUT2D eigenvalue weighted by atomic mass is 9.95. The number of benzene rings is 1. The van der Waals surface area contributed by atoms with Gasteiger partial charge in [-0.25, -0.2) is 0 Å². The predicted octanol–water partition coefficient (Wildman–Crippen LogP) is 2.81. The standard InChI is InChI=1S/C10H12ClNO.ClH/c1-6-4-7(11)5-8(10(6)13)9-2-3-12-9;/h4-5,9,12-13H,2-3H2,1H3;1H/t9-;/m0./s1. The first-order chi connectivity index (χ1) is 6.18. The van der Waals surface area contributed by atoms with Crippen molar-refractivity contribution in [3.05, 3.63) is 28.3 Å². The van der Waals surface area contributed by atoms with Crippen LogP contribution in [0, 0.1) is 6.92 Å². The van der Waals surface area contributed by atoms with Crippen molar-refractivity contribution in [2.45, 2.75) is 19.4 Å². The van der Waals surface area contributed by atoms with Crippen LogP contribution in [0.25, 0.3) is 0 Å². The van der Waals surface area contributed by atoms with Crippen molar-refractivity contribution >= 4 is 24.0 Å². The van der Waals surface area contributed by atoms with Crippen molar-refractivity contribution in [2.24, 2.45) is 0 Å². The van der Waals surface area contributed by atoms with E-state index in [4.69, 9.17) is 11.6 Å². The van der Waals surface area contributed by atoms with Crippen LogP contribution in [0.5, 0.6) is 5.75 Å². The molecule has 0 unspecified atom stereocenters. The highest BCUT2D eigenvalue weighted by Crippen LogP contribution is 2.34. The molecule has 1 fully saturated rings.